The van der Waals surface area contributed by atoms with Gasteiger partial charge in [0.15, 0.2) is 9.84 Å². The van der Waals surface area contributed by atoms with E-state index in [1.54, 1.807) is 12.1 Å². The third-order valence-corrected chi connectivity index (χ3v) is 4.94. The number of sulfone groups is 1. The average Bonchev–Trinajstić information content (AvgIpc) is 2.82. The number of hydrogen-bond donors (Lipinski definition) is 1. The van der Waals surface area contributed by atoms with Crippen LogP contribution in [0.1, 0.15) is 25.7 Å². The quantitative estimate of drug-likeness (QED) is 0.923. The second kappa shape index (κ2) is 5.64. The van der Waals surface area contributed by atoms with E-state index in [1.807, 2.05) is 6.07 Å². The maximum Gasteiger partial charge on any atom is 0.175 e. The van der Waals surface area contributed by atoms with Crippen LogP contribution in [0.15, 0.2) is 23.1 Å². The number of fused-ring (bicyclic) bond motifs is 3. The first-order chi connectivity index (χ1) is 10.4. The van der Waals surface area contributed by atoms with Crippen molar-refractivity contribution in [3.8, 4) is 0 Å². The van der Waals surface area contributed by atoms with Crippen molar-refractivity contribution in [3.63, 3.8) is 0 Å². The van der Waals surface area contributed by atoms with Crippen molar-refractivity contribution in [2.75, 3.05) is 19.4 Å². The van der Waals surface area contributed by atoms with Crippen LogP contribution in [0.5, 0.6) is 0 Å². The van der Waals surface area contributed by atoms with Crippen LogP contribution >= 0.6 is 0 Å². The lowest BCUT2D eigenvalue weighted by Gasteiger charge is -2.27. The van der Waals surface area contributed by atoms with Crippen LogP contribution in [0.2, 0.25) is 0 Å². The molecule has 1 aromatic carbocycles. The topological polar surface area (TPSA) is 73.2 Å². The Morgan fingerprint density at radius 1 is 1.45 bits per heavy atom. The van der Waals surface area contributed by atoms with Gasteiger partial charge in [0.05, 0.1) is 28.6 Å². The molecule has 22 heavy (non-hydrogen) atoms. The molecule has 2 heterocycles. The minimum Gasteiger partial charge on any atom is -0.371 e. The van der Waals surface area contributed by atoms with E-state index in [0.717, 1.165) is 17.9 Å². The molecule has 0 fully saturated rings. The largest absolute Gasteiger partial charge is 0.371 e. The van der Waals surface area contributed by atoms with Crippen molar-refractivity contribution in [1.29, 1.82) is 0 Å². The maximum atomic E-state index is 11.7. The summed E-state index contributed by atoms with van der Waals surface area (Å²) >= 11 is 0. The fraction of sp³-hybridized carbons (Fsp3) is 0.533. The second-order valence-corrected chi connectivity index (χ2v) is 8.07. The SMILES string of the molecule is CC(C)NC[C@H]1COCc2nc3cc(S(C)(=O)=O)ccc3n21. The van der Waals surface area contributed by atoms with E-state index in [9.17, 15) is 8.42 Å². The van der Waals surface area contributed by atoms with Crippen LogP contribution < -0.4 is 5.32 Å². The van der Waals surface area contributed by atoms with E-state index in [-0.39, 0.29) is 6.04 Å². The van der Waals surface area contributed by atoms with Gasteiger partial charge in [0.25, 0.3) is 0 Å². The van der Waals surface area contributed by atoms with Crippen molar-refractivity contribution >= 4 is 20.9 Å². The Morgan fingerprint density at radius 2 is 2.23 bits per heavy atom. The highest BCUT2D eigenvalue weighted by Gasteiger charge is 2.24. The summed E-state index contributed by atoms with van der Waals surface area (Å²) in [6, 6.07) is 5.70. The standard InChI is InChI=1S/C15H21N3O3S/c1-10(2)16-7-11-8-21-9-15-17-13-6-12(22(3,19)20)4-5-14(13)18(11)15/h4-6,10-11,16H,7-9H2,1-3H3/t11-/m0/s1. The molecule has 0 spiro atoms. The molecule has 0 aliphatic carbocycles. The van der Waals surface area contributed by atoms with Crippen LogP contribution in [0.25, 0.3) is 11.0 Å². The van der Waals surface area contributed by atoms with Gasteiger partial charge in [-0.15, -0.1) is 0 Å². The van der Waals surface area contributed by atoms with Gasteiger partial charge in [0.2, 0.25) is 0 Å². The molecular weight excluding hydrogens is 302 g/mol. The normalized spacial score (nSPS) is 18.8. The van der Waals surface area contributed by atoms with Crippen molar-refractivity contribution in [2.45, 2.75) is 37.4 Å². The first-order valence-electron chi connectivity index (χ1n) is 7.38. The molecule has 1 aliphatic rings. The first kappa shape index (κ1) is 15.5. The maximum absolute atomic E-state index is 11.7. The molecule has 0 bridgehead atoms. The summed E-state index contributed by atoms with van der Waals surface area (Å²) in [5, 5.41) is 3.42. The molecule has 2 aromatic rings. The van der Waals surface area contributed by atoms with Gasteiger partial charge in [-0.2, -0.15) is 0 Å². The van der Waals surface area contributed by atoms with Crippen molar-refractivity contribution in [3.05, 3.63) is 24.0 Å². The van der Waals surface area contributed by atoms with Gasteiger partial charge in [-0.1, -0.05) is 13.8 Å². The third kappa shape index (κ3) is 2.88. The van der Waals surface area contributed by atoms with Gasteiger partial charge in [0, 0.05) is 18.8 Å². The summed E-state index contributed by atoms with van der Waals surface area (Å²) < 4.78 is 31.2. The molecule has 6 nitrogen and oxygen atoms in total. The molecule has 0 unspecified atom stereocenters. The van der Waals surface area contributed by atoms with Gasteiger partial charge in [-0.3, -0.25) is 0 Å². The number of hydrogen-bond acceptors (Lipinski definition) is 5. The molecule has 1 aromatic heterocycles. The fourth-order valence-corrected chi connectivity index (χ4v) is 3.39. The lowest BCUT2D eigenvalue weighted by atomic mass is 10.2. The number of ether oxygens (including phenoxy) is 1. The Morgan fingerprint density at radius 3 is 2.91 bits per heavy atom. The van der Waals surface area contributed by atoms with Crippen LogP contribution in [-0.4, -0.2) is 43.4 Å². The predicted molar refractivity (Wildman–Crippen MR) is 84.7 cm³/mol. The smallest absolute Gasteiger partial charge is 0.175 e. The average molecular weight is 323 g/mol. The van der Waals surface area contributed by atoms with Gasteiger partial charge in [-0.25, -0.2) is 13.4 Å². The summed E-state index contributed by atoms with van der Waals surface area (Å²) in [7, 11) is -3.22. The Labute approximate surface area is 130 Å². The first-order valence-corrected chi connectivity index (χ1v) is 9.27. The van der Waals surface area contributed by atoms with Gasteiger partial charge in [-0.05, 0) is 18.2 Å². The Balaban J connectivity index is 2.04. The zero-order valence-corrected chi connectivity index (χ0v) is 13.9. The van der Waals surface area contributed by atoms with E-state index in [1.165, 1.54) is 6.26 Å². The fourth-order valence-electron chi connectivity index (χ4n) is 2.75. The van der Waals surface area contributed by atoms with E-state index in [4.69, 9.17) is 4.74 Å². The van der Waals surface area contributed by atoms with E-state index in [2.05, 4.69) is 28.7 Å². The van der Waals surface area contributed by atoms with Gasteiger partial charge >= 0.3 is 0 Å². The van der Waals surface area contributed by atoms with Crippen LogP contribution in [0.4, 0.5) is 0 Å². The molecule has 0 saturated heterocycles. The highest BCUT2D eigenvalue weighted by Crippen LogP contribution is 2.27. The Hall–Kier alpha value is -1.44. The number of imidazole rings is 1. The zero-order chi connectivity index (χ0) is 15.9. The molecule has 3 rings (SSSR count). The minimum atomic E-state index is -3.22. The summed E-state index contributed by atoms with van der Waals surface area (Å²) in [6.07, 6.45) is 1.21. The van der Waals surface area contributed by atoms with E-state index in [0.29, 0.717) is 29.7 Å². The highest BCUT2D eigenvalue weighted by molar-refractivity contribution is 7.90. The second-order valence-electron chi connectivity index (χ2n) is 6.05. The van der Waals surface area contributed by atoms with Crippen molar-refractivity contribution in [1.82, 2.24) is 14.9 Å². The lowest BCUT2D eigenvalue weighted by molar-refractivity contribution is 0.0559. The van der Waals surface area contributed by atoms with E-state index < -0.39 is 9.84 Å². The predicted octanol–water partition coefficient (Wildman–Crippen LogP) is 1.51. The molecule has 7 heteroatoms. The van der Waals surface area contributed by atoms with Crippen molar-refractivity contribution < 1.29 is 13.2 Å². The van der Waals surface area contributed by atoms with Crippen LogP contribution in [0.3, 0.4) is 0 Å². The lowest BCUT2D eigenvalue weighted by Crippen LogP contribution is -2.35. The number of benzene rings is 1. The zero-order valence-electron chi connectivity index (χ0n) is 13.0. The molecule has 1 aliphatic heterocycles. The summed E-state index contributed by atoms with van der Waals surface area (Å²) in [5.41, 5.74) is 1.67. The van der Waals surface area contributed by atoms with Crippen molar-refractivity contribution in [2.24, 2.45) is 0 Å². The third-order valence-electron chi connectivity index (χ3n) is 3.83. The number of nitrogens with one attached hydrogen (secondary N) is 1. The summed E-state index contributed by atoms with van der Waals surface area (Å²) in [5.74, 6) is 0.849. The molecule has 0 saturated carbocycles. The molecule has 120 valence electrons. The van der Waals surface area contributed by atoms with Crippen LogP contribution in [-0.2, 0) is 21.2 Å². The summed E-state index contributed by atoms with van der Waals surface area (Å²) in [4.78, 5) is 4.85. The molecular formula is C15H21N3O3S. The monoisotopic (exact) mass is 323 g/mol. The van der Waals surface area contributed by atoms with Gasteiger partial charge < -0.3 is 14.6 Å². The highest BCUT2D eigenvalue weighted by atomic mass is 32.2. The molecule has 0 amide bonds. The van der Waals surface area contributed by atoms with Gasteiger partial charge in [0.1, 0.15) is 12.4 Å². The Kier molecular flexibility index (Phi) is 3.96. The number of nitrogens with zero attached hydrogens (tertiary/aromatic N) is 2. The van der Waals surface area contributed by atoms with Crippen LogP contribution in [0, 0.1) is 0 Å². The number of aromatic nitrogens is 2. The minimum absolute atomic E-state index is 0.167. The van der Waals surface area contributed by atoms with E-state index >= 15 is 0 Å². The molecule has 1 atom stereocenters. The molecule has 0 radical (unpaired) electrons. The summed E-state index contributed by atoms with van der Waals surface area (Å²) in [6.45, 7) is 6.10. The molecule has 1 N–H and O–H groups in total. The number of rotatable bonds is 4. The Bertz CT molecular complexity index is 796.